The first-order valence-electron chi connectivity index (χ1n) is 7.94. The second-order valence-electron chi connectivity index (χ2n) is 5.73. The van der Waals surface area contributed by atoms with Crippen LogP contribution in [0.4, 0.5) is 0 Å². The fourth-order valence-corrected chi connectivity index (χ4v) is 2.75. The van der Waals surface area contributed by atoms with Crippen molar-refractivity contribution < 1.29 is 9.59 Å². The Balaban J connectivity index is 0.00000264. The fourth-order valence-electron chi connectivity index (χ4n) is 2.75. The predicted octanol–water partition coefficient (Wildman–Crippen LogP) is 1.37. The number of nitrogens with one attached hydrogen (secondary N) is 2. The van der Waals surface area contributed by atoms with Gasteiger partial charge in [-0.15, -0.1) is 12.4 Å². The van der Waals surface area contributed by atoms with Crippen molar-refractivity contribution in [3.05, 3.63) is 35.9 Å². The number of likely N-dealkylation sites (tertiary alicyclic amines) is 1. The average molecular weight is 340 g/mol. The van der Waals surface area contributed by atoms with Gasteiger partial charge in [0.1, 0.15) is 0 Å². The third kappa shape index (κ3) is 6.59. The van der Waals surface area contributed by atoms with Crippen molar-refractivity contribution in [2.75, 3.05) is 26.7 Å². The summed E-state index contributed by atoms with van der Waals surface area (Å²) in [5, 5.41) is 6.05. The summed E-state index contributed by atoms with van der Waals surface area (Å²) in [4.78, 5) is 25.9. The predicted molar refractivity (Wildman–Crippen MR) is 93.7 cm³/mol. The first-order valence-corrected chi connectivity index (χ1v) is 7.94. The van der Waals surface area contributed by atoms with E-state index in [4.69, 9.17) is 0 Å². The highest BCUT2D eigenvalue weighted by Gasteiger charge is 2.22. The minimum atomic E-state index is -0.0363. The van der Waals surface area contributed by atoms with Crippen molar-refractivity contribution >= 4 is 24.2 Å². The van der Waals surface area contributed by atoms with Crippen LogP contribution >= 0.6 is 12.4 Å². The number of carbonyl (C=O) groups is 2. The number of amides is 2. The quantitative estimate of drug-likeness (QED) is 0.823. The molecule has 5 nitrogen and oxygen atoms in total. The molecule has 128 valence electrons. The summed E-state index contributed by atoms with van der Waals surface area (Å²) in [6.07, 6.45) is 2.89. The summed E-state index contributed by atoms with van der Waals surface area (Å²) in [5.74, 6) is 0.0886. The van der Waals surface area contributed by atoms with E-state index in [-0.39, 0.29) is 24.2 Å². The summed E-state index contributed by atoms with van der Waals surface area (Å²) >= 11 is 0. The Bertz CT molecular complexity index is 496. The van der Waals surface area contributed by atoms with Gasteiger partial charge in [-0.2, -0.15) is 0 Å². The van der Waals surface area contributed by atoms with E-state index >= 15 is 0 Å². The maximum atomic E-state index is 12.1. The number of piperidine rings is 1. The summed E-state index contributed by atoms with van der Waals surface area (Å²) in [6.45, 7) is 2.01. The van der Waals surface area contributed by atoms with Crippen LogP contribution in [-0.4, -0.2) is 49.4 Å². The van der Waals surface area contributed by atoms with E-state index in [1.165, 1.54) is 0 Å². The van der Waals surface area contributed by atoms with Crippen molar-refractivity contribution in [3.63, 3.8) is 0 Å². The van der Waals surface area contributed by atoms with Gasteiger partial charge in [-0.25, -0.2) is 0 Å². The first kappa shape index (κ1) is 19.5. The molecule has 1 aromatic rings. The minimum absolute atomic E-state index is 0. The van der Waals surface area contributed by atoms with Crippen molar-refractivity contribution in [1.29, 1.82) is 0 Å². The van der Waals surface area contributed by atoms with Gasteiger partial charge in [0.15, 0.2) is 0 Å². The maximum Gasteiger partial charge on any atom is 0.224 e. The number of carbonyl (C=O) groups excluding carboxylic acids is 2. The largest absolute Gasteiger partial charge is 0.355 e. The molecule has 1 aliphatic heterocycles. The van der Waals surface area contributed by atoms with E-state index < -0.39 is 0 Å². The fraction of sp³-hybridized carbons (Fsp3) is 0.529. The van der Waals surface area contributed by atoms with Crippen LogP contribution in [0, 0.1) is 0 Å². The number of benzene rings is 1. The molecule has 6 heteroatoms. The smallest absolute Gasteiger partial charge is 0.224 e. The summed E-state index contributed by atoms with van der Waals surface area (Å²) in [6, 6.07) is 10.0. The third-order valence-corrected chi connectivity index (χ3v) is 4.05. The zero-order valence-electron chi connectivity index (χ0n) is 13.6. The van der Waals surface area contributed by atoms with Crippen LogP contribution in [0.5, 0.6) is 0 Å². The molecule has 1 saturated heterocycles. The number of rotatable bonds is 6. The second-order valence-corrected chi connectivity index (χ2v) is 5.73. The summed E-state index contributed by atoms with van der Waals surface area (Å²) in [5.41, 5.74) is 0.985. The molecule has 1 heterocycles. The number of hydrogen-bond acceptors (Lipinski definition) is 3. The van der Waals surface area contributed by atoms with Gasteiger partial charge in [-0.1, -0.05) is 30.3 Å². The highest BCUT2D eigenvalue weighted by molar-refractivity contribution is 5.85. The third-order valence-electron chi connectivity index (χ3n) is 4.05. The second kappa shape index (κ2) is 10.2. The van der Waals surface area contributed by atoms with Gasteiger partial charge < -0.3 is 15.5 Å². The lowest BCUT2D eigenvalue weighted by Gasteiger charge is -2.32. The lowest BCUT2D eigenvalue weighted by atomic mass is 10.1. The van der Waals surface area contributed by atoms with Crippen LogP contribution in [0.3, 0.4) is 0 Å². The normalized spacial score (nSPS) is 17.3. The van der Waals surface area contributed by atoms with Crippen molar-refractivity contribution in [1.82, 2.24) is 15.5 Å². The van der Waals surface area contributed by atoms with Crippen LogP contribution < -0.4 is 10.6 Å². The van der Waals surface area contributed by atoms with E-state index in [0.29, 0.717) is 25.4 Å². The van der Waals surface area contributed by atoms with Gasteiger partial charge in [0.25, 0.3) is 0 Å². The van der Waals surface area contributed by atoms with E-state index in [0.717, 1.165) is 31.5 Å². The number of likely N-dealkylation sites (N-methyl/N-ethyl adjacent to an activating group) is 1. The van der Waals surface area contributed by atoms with Gasteiger partial charge in [-0.3, -0.25) is 9.59 Å². The van der Waals surface area contributed by atoms with Gasteiger partial charge in [0.05, 0.1) is 6.42 Å². The van der Waals surface area contributed by atoms with Gasteiger partial charge in [-0.05, 0) is 25.5 Å². The molecule has 0 bridgehead atoms. The molecule has 0 radical (unpaired) electrons. The highest BCUT2D eigenvalue weighted by atomic mass is 35.5. The monoisotopic (exact) mass is 339 g/mol. The van der Waals surface area contributed by atoms with Crippen molar-refractivity contribution in [3.8, 4) is 0 Å². The summed E-state index contributed by atoms with van der Waals surface area (Å²) in [7, 11) is 1.93. The number of hydrogen-bond donors (Lipinski definition) is 2. The van der Waals surface area contributed by atoms with Crippen molar-refractivity contribution in [2.45, 2.75) is 31.7 Å². The van der Waals surface area contributed by atoms with Gasteiger partial charge >= 0.3 is 0 Å². The molecule has 2 amide bonds. The summed E-state index contributed by atoms with van der Waals surface area (Å²) < 4.78 is 0. The van der Waals surface area contributed by atoms with Crippen LogP contribution in [0.15, 0.2) is 30.3 Å². The van der Waals surface area contributed by atoms with Crippen molar-refractivity contribution in [2.24, 2.45) is 0 Å². The number of nitrogens with zero attached hydrogens (tertiary/aromatic N) is 1. The molecule has 1 aliphatic rings. The Labute approximate surface area is 144 Å². The Morgan fingerprint density at radius 3 is 2.70 bits per heavy atom. The molecule has 0 aliphatic carbocycles. The Morgan fingerprint density at radius 2 is 2.00 bits per heavy atom. The standard InChI is InChI=1S/C17H25N3O2.ClH/c1-18-15-8-5-11-20(13-15)17(22)9-10-19-16(21)12-14-6-3-2-4-7-14;/h2-4,6-7,15,18H,5,8-13H2,1H3,(H,19,21);1H. The Kier molecular flexibility index (Phi) is 8.66. The zero-order valence-corrected chi connectivity index (χ0v) is 14.4. The topological polar surface area (TPSA) is 61.4 Å². The van der Waals surface area contributed by atoms with Crippen LogP contribution in [0.1, 0.15) is 24.8 Å². The molecular weight excluding hydrogens is 314 g/mol. The number of halogens is 1. The van der Waals surface area contributed by atoms with Gasteiger partial charge in [0.2, 0.25) is 11.8 Å². The molecule has 0 saturated carbocycles. The van der Waals surface area contributed by atoms with E-state index in [9.17, 15) is 9.59 Å². The molecule has 1 atom stereocenters. The SMILES string of the molecule is CNC1CCCN(C(=O)CCNC(=O)Cc2ccccc2)C1.Cl. The van der Waals surface area contributed by atoms with Crippen LogP contribution in [0.25, 0.3) is 0 Å². The zero-order chi connectivity index (χ0) is 15.8. The lowest BCUT2D eigenvalue weighted by Crippen LogP contribution is -2.47. The van der Waals surface area contributed by atoms with E-state index in [1.807, 2.05) is 42.3 Å². The molecule has 1 unspecified atom stereocenters. The molecule has 0 aromatic heterocycles. The highest BCUT2D eigenvalue weighted by Crippen LogP contribution is 2.10. The van der Waals surface area contributed by atoms with Crippen LogP contribution in [0.2, 0.25) is 0 Å². The molecular formula is C17H26ClN3O2. The first-order chi connectivity index (χ1) is 10.7. The minimum Gasteiger partial charge on any atom is -0.355 e. The van der Waals surface area contributed by atoms with Gasteiger partial charge in [0, 0.05) is 32.1 Å². The molecule has 23 heavy (non-hydrogen) atoms. The Hall–Kier alpha value is -1.59. The molecule has 1 fully saturated rings. The van der Waals surface area contributed by atoms with Crippen LogP contribution in [-0.2, 0) is 16.0 Å². The average Bonchev–Trinajstić information content (AvgIpc) is 2.55. The molecule has 2 rings (SSSR count). The van der Waals surface area contributed by atoms with E-state index in [2.05, 4.69) is 10.6 Å². The maximum absolute atomic E-state index is 12.1. The Morgan fingerprint density at radius 1 is 1.26 bits per heavy atom. The lowest BCUT2D eigenvalue weighted by molar-refractivity contribution is -0.132. The molecule has 1 aromatic carbocycles. The molecule has 0 spiro atoms. The van der Waals surface area contributed by atoms with E-state index in [1.54, 1.807) is 0 Å². The molecule has 2 N–H and O–H groups in total.